The van der Waals surface area contributed by atoms with Gasteiger partial charge in [0.15, 0.2) is 0 Å². The summed E-state index contributed by atoms with van der Waals surface area (Å²) >= 11 is 0. The minimum absolute atomic E-state index is 0.0551. The van der Waals surface area contributed by atoms with E-state index in [0.29, 0.717) is 19.0 Å². The third kappa shape index (κ3) is 5.84. The number of hydrogen-bond donors (Lipinski definition) is 2. The van der Waals surface area contributed by atoms with Gasteiger partial charge in [-0.3, -0.25) is 9.78 Å². The molecule has 1 saturated carbocycles. The fourth-order valence-corrected chi connectivity index (χ4v) is 2.88. The largest absolute Gasteiger partial charge is 0.354 e. The predicted molar refractivity (Wildman–Crippen MR) is 85.2 cm³/mol. The van der Waals surface area contributed by atoms with Crippen LogP contribution in [0.3, 0.4) is 0 Å². The monoisotopic (exact) mass is 289 g/mol. The fourth-order valence-electron chi connectivity index (χ4n) is 2.88. The predicted octanol–water partition coefficient (Wildman–Crippen LogP) is 2.36. The van der Waals surface area contributed by atoms with Gasteiger partial charge in [0.2, 0.25) is 5.91 Å². The van der Waals surface area contributed by atoms with Crippen molar-refractivity contribution in [1.29, 1.82) is 0 Å². The normalized spacial score (nSPS) is 16.4. The van der Waals surface area contributed by atoms with Gasteiger partial charge in [0.25, 0.3) is 0 Å². The molecular formula is C17H27N3O. The molecule has 0 radical (unpaired) electrons. The number of aryl methyl sites for hydroxylation is 1. The number of pyridine rings is 1. The number of amides is 1. The zero-order valence-corrected chi connectivity index (χ0v) is 13.0. The number of carbonyl (C=O) groups excluding carboxylic acids is 1. The summed E-state index contributed by atoms with van der Waals surface area (Å²) in [5.74, 6) is 0.0551. The van der Waals surface area contributed by atoms with Crippen LogP contribution in [0.1, 0.15) is 49.8 Å². The highest BCUT2D eigenvalue weighted by molar-refractivity contribution is 5.78. The third-order valence-electron chi connectivity index (χ3n) is 4.18. The summed E-state index contributed by atoms with van der Waals surface area (Å²) in [6.07, 6.45) is 10.1. The molecule has 0 saturated heterocycles. The molecule has 2 rings (SSSR count). The van der Waals surface area contributed by atoms with E-state index in [1.807, 2.05) is 19.1 Å². The lowest BCUT2D eigenvalue weighted by Gasteiger charge is -2.16. The first kappa shape index (κ1) is 16.0. The summed E-state index contributed by atoms with van der Waals surface area (Å²) in [6.45, 7) is 3.54. The van der Waals surface area contributed by atoms with Crippen molar-refractivity contribution < 1.29 is 4.79 Å². The lowest BCUT2D eigenvalue weighted by atomic mass is 10.1. The molecule has 1 aromatic rings. The second-order valence-corrected chi connectivity index (χ2v) is 5.94. The summed E-state index contributed by atoms with van der Waals surface area (Å²) in [6, 6.07) is 4.53. The van der Waals surface area contributed by atoms with E-state index in [0.717, 1.165) is 17.8 Å². The van der Waals surface area contributed by atoms with Gasteiger partial charge in [-0.25, -0.2) is 0 Å². The molecule has 21 heavy (non-hydrogen) atoms. The number of hydrogen-bond acceptors (Lipinski definition) is 3. The van der Waals surface area contributed by atoms with Crippen molar-refractivity contribution in [3.63, 3.8) is 0 Å². The number of rotatable bonds is 6. The van der Waals surface area contributed by atoms with E-state index in [2.05, 4.69) is 15.6 Å². The van der Waals surface area contributed by atoms with Gasteiger partial charge in [-0.05, 0) is 31.4 Å². The first-order chi connectivity index (χ1) is 10.3. The van der Waals surface area contributed by atoms with Crippen LogP contribution in [0.25, 0.3) is 0 Å². The summed E-state index contributed by atoms with van der Waals surface area (Å²) in [5, 5.41) is 6.53. The highest BCUT2D eigenvalue weighted by Crippen LogP contribution is 2.16. The van der Waals surface area contributed by atoms with Crippen molar-refractivity contribution in [2.24, 2.45) is 0 Å². The summed E-state index contributed by atoms with van der Waals surface area (Å²) in [4.78, 5) is 16.1. The second kappa shape index (κ2) is 8.78. The van der Waals surface area contributed by atoms with Crippen LogP contribution < -0.4 is 10.6 Å². The molecule has 1 aromatic heterocycles. The van der Waals surface area contributed by atoms with E-state index < -0.39 is 0 Å². The van der Waals surface area contributed by atoms with Gasteiger partial charge in [0.05, 0.1) is 12.1 Å². The van der Waals surface area contributed by atoms with Crippen molar-refractivity contribution in [2.45, 2.75) is 57.9 Å². The lowest BCUT2D eigenvalue weighted by Crippen LogP contribution is -2.37. The molecular weight excluding hydrogens is 262 g/mol. The smallest absolute Gasteiger partial charge is 0.226 e. The van der Waals surface area contributed by atoms with E-state index in [1.165, 1.54) is 38.5 Å². The van der Waals surface area contributed by atoms with Crippen LogP contribution in [-0.2, 0) is 11.2 Å². The van der Waals surface area contributed by atoms with Crippen molar-refractivity contribution >= 4 is 5.91 Å². The Morgan fingerprint density at radius 1 is 1.24 bits per heavy atom. The van der Waals surface area contributed by atoms with Crippen LogP contribution in [0.4, 0.5) is 0 Å². The van der Waals surface area contributed by atoms with Gasteiger partial charge in [-0.2, -0.15) is 0 Å². The van der Waals surface area contributed by atoms with Gasteiger partial charge in [0.1, 0.15) is 0 Å². The van der Waals surface area contributed by atoms with Gasteiger partial charge in [-0.1, -0.05) is 31.7 Å². The molecule has 0 aromatic carbocycles. The molecule has 1 amide bonds. The van der Waals surface area contributed by atoms with Gasteiger partial charge < -0.3 is 10.6 Å². The molecule has 0 spiro atoms. The molecule has 0 aliphatic heterocycles. The molecule has 4 nitrogen and oxygen atoms in total. The quantitative estimate of drug-likeness (QED) is 0.624. The molecule has 1 heterocycles. The van der Waals surface area contributed by atoms with Crippen LogP contribution in [0.15, 0.2) is 18.3 Å². The summed E-state index contributed by atoms with van der Waals surface area (Å²) in [7, 11) is 0. The Bertz CT molecular complexity index is 439. The van der Waals surface area contributed by atoms with E-state index in [4.69, 9.17) is 0 Å². The molecule has 4 heteroatoms. The second-order valence-electron chi connectivity index (χ2n) is 5.94. The summed E-state index contributed by atoms with van der Waals surface area (Å²) in [5.41, 5.74) is 1.94. The van der Waals surface area contributed by atoms with Crippen molar-refractivity contribution in [1.82, 2.24) is 15.6 Å². The highest BCUT2D eigenvalue weighted by Gasteiger charge is 2.11. The van der Waals surface area contributed by atoms with Crippen LogP contribution in [0, 0.1) is 6.92 Å². The van der Waals surface area contributed by atoms with Crippen molar-refractivity contribution in [2.75, 3.05) is 13.1 Å². The maximum atomic E-state index is 11.9. The van der Waals surface area contributed by atoms with Crippen LogP contribution in [0.2, 0.25) is 0 Å². The molecule has 1 aliphatic rings. The molecule has 0 bridgehead atoms. The highest BCUT2D eigenvalue weighted by atomic mass is 16.1. The first-order valence-corrected chi connectivity index (χ1v) is 8.16. The van der Waals surface area contributed by atoms with Crippen molar-refractivity contribution in [3.8, 4) is 0 Å². The topological polar surface area (TPSA) is 54.0 Å². The lowest BCUT2D eigenvalue weighted by molar-refractivity contribution is -0.120. The van der Waals surface area contributed by atoms with Crippen LogP contribution in [-0.4, -0.2) is 30.0 Å². The average Bonchev–Trinajstić information content (AvgIpc) is 2.75. The Morgan fingerprint density at radius 2 is 2.00 bits per heavy atom. The maximum absolute atomic E-state index is 11.9. The Balaban J connectivity index is 1.62. The fraction of sp³-hybridized carbons (Fsp3) is 0.647. The molecule has 0 atom stereocenters. The number of aromatic nitrogens is 1. The van der Waals surface area contributed by atoms with E-state index in [-0.39, 0.29) is 5.91 Å². The molecule has 1 aliphatic carbocycles. The molecule has 0 unspecified atom stereocenters. The number of nitrogens with zero attached hydrogens (tertiary/aromatic N) is 1. The van der Waals surface area contributed by atoms with E-state index in [1.54, 1.807) is 6.20 Å². The Hall–Kier alpha value is -1.42. The Morgan fingerprint density at radius 3 is 2.71 bits per heavy atom. The van der Waals surface area contributed by atoms with Crippen molar-refractivity contribution in [3.05, 3.63) is 29.6 Å². The zero-order chi connectivity index (χ0) is 14.9. The average molecular weight is 289 g/mol. The van der Waals surface area contributed by atoms with Gasteiger partial charge >= 0.3 is 0 Å². The van der Waals surface area contributed by atoms with Gasteiger partial charge in [0, 0.05) is 25.3 Å². The zero-order valence-electron chi connectivity index (χ0n) is 13.0. The molecule has 116 valence electrons. The Kier molecular flexibility index (Phi) is 6.67. The number of nitrogens with one attached hydrogen (secondary N) is 2. The van der Waals surface area contributed by atoms with E-state index in [9.17, 15) is 4.79 Å². The number of carbonyl (C=O) groups is 1. The minimum atomic E-state index is 0.0551. The van der Waals surface area contributed by atoms with E-state index >= 15 is 0 Å². The SMILES string of the molecule is Cc1cccnc1CC(=O)NCCNC1CCCCCC1. The summed E-state index contributed by atoms with van der Waals surface area (Å²) < 4.78 is 0. The maximum Gasteiger partial charge on any atom is 0.226 e. The Labute approximate surface area is 127 Å². The molecule has 1 fully saturated rings. The third-order valence-corrected chi connectivity index (χ3v) is 4.18. The van der Waals surface area contributed by atoms with Crippen LogP contribution in [0.5, 0.6) is 0 Å². The molecule has 2 N–H and O–H groups in total. The van der Waals surface area contributed by atoms with Gasteiger partial charge in [-0.15, -0.1) is 0 Å². The van der Waals surface area contributed by atoms with Crippen LogP contribution >= 0.6 is 0 Å². The standard InChI is InChI=1S/C17H27N3O/c1-14-7-6-10-19-16(14)13-17(21)20-12-11-18-15-8-4-2-3-5-9-15/h6-7,10,15,18H,2-5,8-9,11-13H2,1H3,(H,20,21). The minimum Gasteiger partial charge on any atom is -0.354 e. The first-order valence-electron chi connectivity index (χ1n) is 8.16.